The third-order valence-electron chi connectivity index (χ3n) is 4.00. The number of carbonyl (C=O) groups is 1. The number of pyridine rings is 1. The number of urea groups is 1. The van der Waals surface area contributed by atoms with E-state index in [1.165, 1.54) is 26.4 Å². The monoisotopic (exact) mass is 403 g/mol. The SMILES string of the molecule is COc1cc2nccc(Oc3ccc(NC(=O)NCCF)c(F)c3)c2cc1OC. The largest absolute Gasteiger partial charge is 0.493 e. The van der Waals surface area contributed by atoms with Crippen LogP contribution in [0.25, 0.3) is 10.9 Å². The number of aromatic nitrogens is 1. The zero-order valence-corrected chi connectivity index (χ0v) is 15.8. The zero-order valence-electron chi connectivity index (χ0n) is 15.8. The lowest BCUT2D eigenvalue weighted by Gasteiger charge is -2.13. The number of halogens is 2. The van der Waals surface area contributed by atoms with Crippen molar-refractivity contribution in [2.24, 2.45) is 0 Å². The molecular formula is C20H19F2N3O4. The van der Waals surface area contributed by atoms with Crippen LogP contribution in [0.2, 0.25) is 0 Å². The highest BCUT2D eigenvalue weighted by Gasteiger charge is 2.13. The minimum Gasteiger partial charge on any atom is -0.493 e. The number of alkyl halides is 1. The fourth-order valence-electron chi connectivity index (χ4n) is 2.65. The molecule has 152 valence electrons. The quantitative estimate of drug-likeness (QED) is 0.616. The smallest absolute Gasteiger partial charge is 0.319 e. The van der Waals surface area contributed by atoms with Gasteiger partial charge in [0.25, 0.3) is 0 Å². The van der Waals surface area contributed by atoms with Crippen molar-refractivity contribution in [2.75, 3.05) is 32.8 Å². The number of fused-ring (bicyclic) bond motifs is 1. The first-order chi connectivity index (χ1) is 14.0. The number of rotatable bonds is 7. The van der Waals surface area contributed by atoms with Crippen LogP contribution in [0.4, 0.5) is 19.3 Å². The number of nitrogens with zero attached hydrogens (tertiary/aromatic N) is 1. The van der Waals surface area contributed by atoms with Crippen LogP contribution in [0.1, 0.15) is 0 Å². The number of anilines is 1. The Balaban J connectivity index is 1.85. The van der Waals surface area contributed by atoms with Crippen LogP contribution >= 0.6 is 0 Å². The molecule has 0 aliphatic rings. The van der Waals surface area contributed by atoms with Gasteiger partial charge in [0.15, 0.2) is 11.5 Å². The molecule has 1 heterocycles. The summed E-state index contributed by atoms with van der Waals surface area (Å²) in [6.45, 7) is -0.864. The van der Waals surface area contributed by atoms with Crippen LogP contribution in [0.5, 0.6) is 23.0 Å². The number of amides is 2. The van der Waals surface area contributed by atoms with Gasteiger partial charge in [0.1, 0.15) is 24.0 Å². The molecule has 1 aromatic heterocycles. The molecule has 7 nitrogen and oxygen atoms in total. The van der Waals surface area contributed by atoms with Gasteiger partial charge in [-0.1, -0.05) is 0 Å². The summed E-state index contributed by atoms with van der Waals surface area (Å²) in [7, 11) is 3.05. The predicted octanol–water partition coefficient (Wildman–Crippen LogP) is 4.27. The Hall–Kier alpha value is -3.62. The lowest BCUT2D eigenvalue weighted by molar-refractivity contribution is 0.251. The summed E-state index contributed by atoms with van der Waals surface area (Å²) in [4.78, 5) is 15.8. The predicted molar refractivity (Wildman–Crippen MR) is 104 cm³/mol. The normalized spacial score (nSPS) is 10.5. The van der Waals surface area contributed by atoms with Crippen molar-refractivity contribution < 1.29 is 27.8 Å². The summed E-state index contributed by atoms with van der Waals surface area (Å²) in [6.07, 6.45) is 1.56. The Kier molecular flexibility index (Phi) is 6.28. The Morgan fingerprint density at radius 1 is 1.07 bits per heavy atom. The van der Waals surface area contributed by atoms with Gasteiger partial charge >= 0.3 is 6.03 Å². The Bertz CT molecular complexity index is 1030. The van der Waals surface area contributed by atoms with Gasteiger partial charge in [-0.25, -0.2) is 13.6 Å². The van der Waals surface area contributed by atoms with Gasteiger partial charge < -0.3 is 24.8 Å². The number of hydrogen-bond acceptors (Lipinski definition) is 5. The molecule has 9 heteroatoms. The van der Waals surface area contributed by atoms with Crippen LogP contribution < -0.4 is 24.8 Å². The van der Waals surface area contributed by atoms with E-state index >= 15 is 0 Å². The molecule has 0 saturated carbocycles. The van der Waals surface area contributed by atoms with E-state index in [0.717, 1.165) is 6.07 Å². The lowest BCUT2D eigenvalue weighted by atomic mass is 10.2. The summed E-state index contributed by atoms with van der Waals surface area (Å²) in [5.74, 6) is 0.992. The van der Waals surface area contributed by atoms with E-state index < -0.39 is 18.5 Å². The first kappa shape index (κ1) is 20.1. The highest BCUT2D eigenvalue weighted by Crippen LogP contribution is 2.37. The van der Waals surface area contributed by atoms with E-state index in [1.807, 2.05) is 0 Å². The molecule has 0 bridgehead atoms. The molecule has 0 aliphatic carbocycles. The molecule has 3 rings (SSSR count). The summed E-state index contributed by atoms with van der Waals surface area (Å²) in [5, 5.41) is 5.21. The van der Waals surface area contributed by atoms with Crippen molar-refractivity contribution in [3.05, 3.63) is 48.4 Å². The fraction of sp³-hybridized carbons (Fsp3) is 0.200. The number of hydrogen-bond donors (Lipinski definition) is 2. The average Bonchev–Trinajstić information content (AvgIpc) is 2.73. The molecule has 2 amide bonds. The number of nitrogens with one attached hydrogen (secondary N) is 2. The molecule has 0 aliphatic heterocycles. The number of ether oxygens (including phenoxy) is 3. The van der Waals surface area contributed by atoms with Crippen molar-refractivity contribution in [3.63, 3.8) is 0 Å². The summed E-state index contributed by atoms with van der Waals surface area (Å²) < 4.78 is 42.8. The van der Waals surface area contributed by atoms with Crippen molar-refractivity contribution in [3.8, 4) is 23.0 Å². The fourth-order valence-corrected chi connectivity index (χ4v) is 2.65. The zero-order chi connectivity index (χ0) is 20.8. The van der Waals surface area contributed by atoms with E-state index in [9.17, 15) is 13.6 Å². The molecule has 0 saturated heterocycles. The van der Waals surface area contributed by atoms with Gasteiger partial charge in [-0.2, -0.15) is 0 Å². The molecule has 29 heavy (non-hydrogen) atoms. The minimum absolute atomic E-state index is 0.0558. The van der Waals surface area contributed by atoms with Gasteiger partial charge in [0.05, 0.1) is 25.4 Å². The molecule has 0 radical (unpaired) electrons. The van der Waals surface area contributed by atoms with Crippen LogP contribution in [-0.2, 0) is 0 Å². The molecule has 3 aromatic rings. The first-order valence-electron chi connectivity index (χ1n) is 8.64. The van der Waals surface area contributed by atoms with E-state index in [4.69, 9.17) is 14.2 Å². The summed E-state index contributed by atoms with van der Waals surface area (Å²) in [6, 6.07) is 8.37. The molecule has 0 unspecified atom stereocenters. The van der Waals surface area contributed by atoms with E-state index in [1.54, 1.807) is 24.4 Å². The number of carbonyl (C=O) groups excluding carboxylic acids is 1. The van der Waals surface area contributed by atoms with Crippen LogP contribution in [0, 0.1) is 5.82 Å². The highest BCUT2D eigenvalue weighted by molar-refractivity contribution is 5.90. The number of methoxy groups -OCH3 is 2. The van der Waals surface area contributed by atoms with Crippen LogP contribution in [0.3, 0.4) is 0 Å². The van der Waals surface area contributed by atoms with Gasteiger partial charge in [-0.3, -0.25) is 4.98 Å². The van der Waals surface area contributed by atoms with E-state index in [-0.39, 0.29) is 18.0 Å². The van der Waals surface area contributed by atoms with Crippen LogP contribution in [-0.4, -0.2) is 38.5 Å². The molecule has 0 atom stereocenters. The first-order valence-corrected chi connectivity index (χ1v) is 8.64. The average molecular weight is 403 g/mol. The van der Waals surface area contributed by atoms with Gasteiger partial charge in [-0.05, 0) is 24.3 Å². The van der Waals surface area contributed by atoms with Gasteiger partial charge in [0, 0.05) is 30.3 Å². The standard InChI is InChI=1S/C20H19F2N3O4/c1-27-18-10-13-16(11-19(18)28-2)23-7-5-17(13)29-12-3-4-15(14(22)9-12)25-20(26)24-8-6-21/h3-5,7,9-11H,6,8H2,1-2H3,(H2,24,25,26). The van der Waals surface area contributed by atoms with E-state index in [0.29, 0.717) is 28.2 Å². The maximum atomic E-state index is 14.3. The number of benzene rings is 2. The van der Waals surface area contributed by atoms with Crippen molar-refractivity contribution >= 4 is 22.6 Å². The highest BCUT2D eigenvalue weighted by atomic mass is 19.1. The molecule has 2 aromatic carbocycles. The second-order valence-corrected chi connectivity index (χ2v) is 5.85. The van der Waals surface area contributed by atoms with Crippen molar-refractivity contribution in [1.29, 1.82) is 0 Å². The lowest BCUT2D eigenvalue weighted by Crippen LogP contribution is -2.30. The Morgan fingerprint density at radius 2 is 1.83 bits per heavy atom. The Morgan fingerprint density at radius 3 is 2.52 bits per heavy atom. The topological polar surface area (TPSA) is 81.7 Å². The van der Waals surface area contributed by atoms with Crippen molar-refractivity contribution in [1.82, 2.24) is 10.3 Å². The van der Waals surface area contributed by atoms with Gasteiger partial charge in [-0.15, -0.1) is 0 Å². The Labute approximate surface area is 165 Å². The maximum Gasteiger partial charge on any atom is 0.319 e. The summed E-state index contributed by atoms with van der Waals surface area (Å²) >= 11 is 0. The third-order valence-corrected chi connectivity index (χ3v) is 4.00. The van der Waals surface area contributed by atoms with E-state index in [2.05, 4.69) is 15.6 Å². The van der Waals surface area contributed by atoms with Crippen molar-refractivity contribution in [2.45, 2.75) is 0 Å². The molecule has 2 N–H and O–H groups in total. The summed E-state index contributed by atoms with van der Waals surface area (Å²) in [5.41, 5.74) is 0.558. The van der Waals surface area contributed by atoms with Gasteiger partial charge in [0.2, 0.25) is 0 Å². The minimum atomic E-state index is -0.709. The third kappa shape index (κ3) is 4.63. The molecule has 0 fully saturated rings. The second kappa shape index (κ2) is 9.05. The molecular weight excluding hydrogens is 384 g/mol. The second-order valence-electron chi connectivity index (χ2n) is 5.85. The maximum absolute atomic E-state index is 14.3. The molecule has 0 spiro atoms. The van der Waals surface area contributed by atoms with Crippen LogP contribution in [0.15, 0.2) is 42.6 Å².